The number of hydrogen-bond acceptors (Lipinski definition) is 4. The van der Waals surface area contributed by atoms with E-state index in [1.807, 2.05) is 30.3 Å². The lowest BCUT2D eigenvalue weighted by molar-refractivity contribution is 0.264. The van der Waals surface area contributed by atoms with E-state index >= 15 is 0 Å². The molecule has 0 radical (unpaired) electrons. The Morgan fingerprint density at radius 1 is 1.09 bits per heavy atom. The van der Waals surface area contributed by atoms with Crippen LogP contribution in [0.15, 0.2) is 55.8 Å². The van der Waals surface area contributed by atoms with Gasteiger partial charge in [-0.3, -0.25) is 0 Å². The summed E-state index contributed by atoms with van der Waals surface area (Å²) < 4.78 is 13.0. The summed E-state index contributed by atoms with van der Waals surface area (Å²) in [4.78, 5) is 0. The van der Waals surface area contributed by atoms with E-state index in [9.17, 15) is 0 Å². The molecule has 1 aromatic heterocycles. The van der Waals surface area contributed by atoms with Crippen LogP contribution in [0.3, 0.4) is 0 Å². The van der Waals surface area contributed by atoms with Gasteiger partial charge in [0.05, 0.1) is 10.6 Å². The van der Waals surface area contributed by atoms with Gasteiger partial charge in [-0.1, -0.05) is 39.7 Å². The molecule has 22 heavy (non-hydrogen) atoms. The first-order valence-corrected chi connectivity index (χ1v) is 8.25. The van der Waals surface area contributed by atoms with Crippen LogP contribution in [0.4, 0.5) is 0 Å². The van der Waals surface area contributed by atoms with Crippen LogP contribution >= 0.6 is 43.5 Å². The molecule has 1 heterocycles. The molecule has 4 nitrogen and oxygen atoms in total. The normalized spacial score (nSPS) is 10.7. The van der Waals surface area contributed by atoms with E-state index in [0.29, 0.717) is 22.6 Å². The lowest BCUT2D eigenvalue weighted by atomic mass is 10.2. The zero-order chi connectivity index (χ0) is 15.5. The van der Waals surface area contributed by atoms with E-state index < -0.39 is 0 Å². The van der Waals surface area contributed by atoms with Gasteiger partial charge in [0.15, 0.2) is 6.61 Å². The first kappa shape index (κ1) is 15.5. The number of halogens is 3. The lowest BCUT2D eigenvalue weighted by Gasteiger charge is -2.05. The summed E-state index contributed by atoms with van der Waals surface area (Å²) in [5.74, 6) is 1.38. The highest BCUT2D eigenvalue weighted by Gasteiger charge is 2.12. The lowest BCUT2D eigenvalue weighted by Crippen LogP contribution is -1.96. The van der Waals surface area contributed by atoms with E-state index in [0.717, 1.165) is 14.5 Å². The van der Waals surface area contributed by atoms with Crippen LogP contribution in [0, 0.1) is 0 Å². The minimum atomic E-state index is 0.152. The standard InChI is InChI=1S/C15H9Br2ClN2O2/c16-9-5-6-13(12(18)7-9)21-8-14-19-20-15(22-14)10-3-1-2-4-11(10)17/h1-7H,8H2. The quantitative estimate of drug-likeness (QED) is 0.534. The van der Waals surface area contributed by atoms with Gasteiger partial charge in [0.1, 0.15) is 5.75 Å². The molecule has 0 fully saturated rings. The van der Waals surface area contributed by atoms with E-state index in [1.165, 1.54) is 0 Å². The van der Waals surface area contributed by atoms with Crippen LogP contribution < -0.4 is 4.74 Å². The fourth-order valence-corrected chi connectivity index (χ4v) is 2.97. The smallest absolute Gasteiger partial charge is 0.254 e. The van der Waals surface area contributed by atoms with Crippen molar-refractivity contribution in [3.63, 3.8) is 0 Å². The zero-order valence-electron chi connectivity index (χ0n) is 11.1. The number of benzene rings is 2. The highest BCUT2D eigenvalue weighted by atomic mass is 79.9. The molecule has 0 atom stereocenters. The predicted molar refractivity (Wildman–Crippen MR) is 90.9 cm³/mol. The molecular formula is C15H9Br2ClN2O2. The van der Waals surface area contributed by atoms with Gasteiger partial charge in [-0.2, -0.15) is 0 Å². The van der Waals surface area contributed by atoms with Crippen LogP contribution in [0.2, 0.25) is 5.02 Å². The van der Waals surface area contributed by atoms with Crippen molar-refractivity contribution in [3.05, 3.63) is 62.3 Å². The molecule has 0 spiro atoms. The van der Waals surface area contributed by atoms with Gasteiger partial charge in [-0.05, 0) is 46.3 Å². The van der Waals surface area contributed by atoms with E-state index in [4.69, 9.17) is 20.8 Å². The average molecular weight is 445 g/mol. The minimum absolute atomic E-state index is 0.152. The summed E-state index contributed by atoms with van der Waals surface area (Å²) >= 11 is 12.9. The van der Waals surface area contributed by atoms with Crippen LogP contribution in [-0.4, -0.2) is 10.2 Å². The van der Waals surface area contributed by atoms with E-state index in [2.05, 4.69) is 42.1 Å². The monoisotopic (exact) mass is 442 g/mol. The van der Waals surface area contributed by atoms with E-state index in [1.54, 1.807) is 12.1 Å². The Hall–Kier alpha value is -1.37. The van der Waals surface area contributed by atoms with Crippen molar-refractivity contribution in [3.8, 4) is 17.2 Å². The van der Waals surface area contributed by atoms with Crippen molar-refractivity contribution in [2.24, 2.45) is 0 Å². The van der Waals surface area contributed by atoms with Crippen LogP contribution in [0.25, 0.3) is 11.5 Å². The van der Waals surface area contributed by atoms with Crippen molar-refractivity contribution in [2.75, 3.05) is 0 Å². The fraction of sp³-hybridized carbons (Fsp3) is 0.0667. The molecule has 3 aromatic rings. The van der Waals surface area contributed by atoms with E-state index in [-0.39, 0.29) is 6.61 Å². The second kappa shape index (κ2) is 6.81. The van der Waals surface area contributed by atoms with Crippen molar-refractivity contribution in [2.45, 2.75) is 6.61 Å². The van der Waals surface area contributed by atoms with Gasteiger partial charge in [-0.15, -0.1) is 10.2 Å². The molecule has 0 aliphatic carbocycles. The molecule has 0 amide bonds. The zero-order valence-corrected chi connectivity index (χ0v) is 15.0. The molecule has 3 rings (SSSR count). The molecule has 7 heteroatoms. The third-order valence-electron chi connectivity index (χ3n) is 2.82. The number of ether oxygens (including phenoxy) is 1. The minimum Gasteiger partial charge on any atom is -0.482 e. The Morgan fingerprint density at radius 2 is 1.91 bits per heavy atom. The fourth-order valence-electron chi connectivity index (χ4n) is 1.79. The summed E-state index contributed by atoms with van der Waals surface area (Å²) in [7, 11) is 0. The molecule has 0 aliphatic heterocycles. The summed E-state index contributed by atoms with van der Waals surface area (Å²) in [6.45, 7) is 0.152. The maximum absolute atomic E-state index is 6.09. The summed E-state index contributed by atoms with van der Waals surface area (Å²) in [6.07, 6.45) is 0. The predicted octanol–water partition coefficient (Wildman–Crippen LogP) is 5.49. The summed E-state index contributed by atoms with van der Waals surface area (Å²) in [5, 5.41) is 8.52. The second-order valence-electron chi connectivity index (χ2n) is 4.34. The number of hydrogen-bond donors (Lipinski definition) is 0. The number of nitrogens with zero attached hydrogens (tertiary/aromatic N) is 2. The van der Waals surface area contributed by atoms with Gasteiger partial charge >= 0.3 is 0 Å². The van der Waals surface area contributed by atoms with Crippen molar-refractivity contribution >= 4 is 43.5 Å². The molecule has 0 saturated heterocycles. The van der Waals surface area contributed by atoms with Crippen molar-refractivity contribution in [1.82, 2.24) is 10.2 Å². The Balaban J connectivity index is 1.74. The number of rotatable bonds is 4. The Kier molecular flexibility index (Phi) is 4.81. The molecule has 0 N–H and O–H groups in total. The Bertz CT molecular complexity index is 808. The van der Waals surface area contributed by atoms with Crippen molar-refractivity contribution in [1.29, 1.82) is 0 Å². The maximum atomic E-state index is 6.09. The summed E-state index contributed by atoms with van der Waals surface area (Å²) in [6, 6.07) is 13.0. The highest BCUT2D eigenvalue weighted by molar-refractivity contribution is 9.10. The highest BCUT2D eigenvalue weighted by Crippen LogP contribution is 2.29. The largest absolute Gasteiger partial charge is 0.482 e. The summed E-state index contributed by atoms with van der Waals surface area (Å²) in [5.41, 5.74) is 0.836. The molecule has 0 saturated carbocycles. The van der Waals surface area contributed by atoms with Gasteiger partial charge in [0.25, 0.3) is 5.89 Å². The van der Waals surface area contributed by atoms with Gasteiger partial charge < -0.3 is 9.15 Å². The number of aromatic nitrogens is 2. The molecule has 0 aliphatic rings. The Labute approximate surface area is 148 Å². The molecule has 0 bridgehead atoms. The third-order valence-corrected chi connectivity index (χ3v) is 4.30. The maximum Gasteiger partial charge on any atom is 0.254 e. The Morgan fingerprint density at radius 3 is 2.68 bits per heavy atom. The van der Waals surface area contributed by atoms with Gasteiger partial charge in [-0.25, -0.2) is 0 Å². The van der Waals surface area contributed by atoms with Crippen LogP contribution in [-0.2, 0) is 6.61 Å². The third kappa shape index (κ3) is 3.51. The average Bonchev–Trinajstić information content (AvgIpc) is 2.95. The molecule has 0 unspecified atom stereocenters. The molecular weight excluding hydrogens is 435 g/mol. The topological polar surface area (TPSA) is 48.2 Å². The van der Waals surface area contributed by atoms with Gasteiger partial charge in [0, 0.05) is 8.95 Å². The van der Waals surface area contributed by atoms with Crippen LogP contribution in [0.5, 0.6) is 5.75 Å². The van der Waals surface area contributed by atoms with Crippen LogP contribution in [0.1, 0.15) is 5.89 Å². The molecule has 2 aromatic carbocycles. The van der Waals surface area contributed by atoms with Crippen molar-refractivity contribution < 1.29 is 9.15 Å². The van der Waals surface area contributed by atoms with Gasteiger partial charge in [0.2, 0.25) is 5.89 Å². The first-order valence-electron chi connectivity index (χ1n) is 6.28. The molecule has 112 valence electrons. The SMILES string of the molecule is Clc1cc(Br)ccc1OCc1nnc(-c2ccccc2Br)o1. The first-order chi connectivity index (χ1) is 10.6. The second-order valence-corrected chi connectivity index (χ2v) is 6.52.